The number of hydrogen-bond acceptors (Lipinski definition) is 3. The van der Waals surface area contributed by atoms with Gasteiger partial charge >= 0.3 is 0 Å². The van der Waals surface area contributed by atoms with E-state index < -0.39 is 0 Å². The summed E-state index contributed by atoms with van der Waals surface area (Å²) in [6.07, 6.45) is 0. The first-order valence-corrected chi connectivity index (χ1v) is 8.03. The molecule has 0 bridgehead atoms. The van der Waals surface area contributed by atoms with E-state index in [1.807, 2.05) is 11.4 Å². The molecule has 1 aromatic heterocycles. The van der Waals surface area contributed by atoms with Crippen molar-refractivity contribution in [2.75, 3.05) is 0 Å². The van der Waals surface area contributed by atoms with Gasteiger partial charge in [0.05, 0.1) is 5.56 Å². The van der Waals surface area contributed by atoms with E-state index in [0.717, 1.165) is 11.4 Å². The lowest BCUT2D eigenvalue weighted by molar-refractivity contribution is 0.100. The second-order valence-corrected chi connectivity index (χ2v) is 7.23. The Bertz CT molecular complexity index is 648. The van der Waals surface area contributed by atoms with E-state index in [4.69, 9.17) is 5.73 Å². The zero-order valence-corrected chi connectivity index (χ0v) is 13.1. The van der Waals surface area contributed by atoms with Crippen molar-refractivity contribution < 1.29 is 4.79 Å². The number of carbonyl (C=O) groups is 1. The second kappa shape index (κ2) is 5.28. The highest BCUT2D eigenvalue weighted by Crippen LogP contribution is 2.58. The normalized spacial score (nSPS) is 23.0. The van der Waals surface area contributed by atoms with Crippen LogP contribution in [0.4, 0.5) is 0 Å². The van der Waals surface area contributed by atoms with Gasteiger partial charge in [0.15, 0.2) is 0 Å². The van der Waals surface area contributed by atoms with Gasteiger partial charge in [0.1, 0.15) is 0 Å². The van der Waals surface area contributed by atoms with E-state index >= 15 is 0 Å². The standard InChI is InChI=1S/C17H20N2OS/c1-17(2)14(11-6-4-3-5-7-11)15(17)19-9-13-8-12(10-21-13)16(18)20/h3-8,10,14-15,19H,9H2,1-2H3,(H2,18,20)/t14-,15-/m0/s1. The smallest absolute Gasteiger partial charge is 0.249 e. The Morgan fingerprint density at radius 1 is 1.33 bits per heavy atom. The first kappa shape index (κ1) is 14.3. The van der Waals surface area contributed by atoms with Crippen molar-refractivity contribution in [1.29, 1.82) is 0 Å². The zero-order chi connectivity index (χ0) is 15.0. The molecule has 1 aromatic carbocycles. The molecule has 1 amide bonds. The molecule has 1 fully saturated rings. The highest BCUT2D eigenvalue weighted by molar-refractivity contribution is 7.10. The van der Waals surface area contributed by atoms with E-state index in [-0.39, 0.29) is 11.3 Å². The lowest BCUT2D eigenvalue weighted by atomic mass is 10.0. The monoisotopic (exact) mass is 300 g/mol. The fourth-order valence-electron chi connectivity index (χ4n) is 3.11. The van der Waals surface area contributed by atoms with Crippen LogP contribution in [0.3, 0.4) is 0 Å². The summed E-state index contributed by atoms with van der Waals surface area (Å²) in [6, 6.07) is 13.0. The van der Waals surface area contributed by atoms with E-state index in [0.29, 0.717) is 17.5 Å². The third kappa shape index (κ3) is 2.74. The number of primary amides is 1. The minimum Gasteiger partial charge on any atom is -0.366 e. The first-order chi connectivity index (χ1) is 10.00. The Labute approximate surface area is 129 Å². The molecule has 2 atom stereocenters. The maximum Gasteiger partial charge on any atom is 0.249 e. The molecule has 4 heteroatoms. The fraction of sp³-hybridized carbons (Fsp3) is 0.353. The van der Waals surface area contributed by atoms with E-state index in [1.54, 1.807) is 11.3 Å². The summed E-state index contributed by atoms with van der Waals surface area (Å²) < 4.78 is 0. The Morgan fingerprint density at radius 2 is 2.05 bits per heavy atom. The van der Waals surface area contributed by atoms with E-state index in [2.05, 4.69) is 49.5 Å². The van der Waals surface area contributed by atoms with Crippen molar-refractivity contribution in [3.63, 3.8) is 0 Å². The molecule has 0 unspecified atom stereocenters. The summed E-state index contributed by atoms with van der Waals surface area (Å²) in [5.41, 5.74) is 7.55. The number of nitrogens with two attached hydrogens (primary N) is 1. The number of rotatable bonds is 5. The maximum atomic E-state index is 11.1. The molecule has 1 aliphatic carbocycles. The number of hydrogen-bond donors (Lipinski definition) is 2. The SMILES string of the molecule is CC1(C)[C@@H](NCc2cc(C(N)=O)cs2)[C@@H]1c1ccccc1. The van der Waals surface area contributed by atoms with Crippen LogP contribution in [0.1, 0.15) is 40.6 Å². The maximum absolute atomic E-state index is 11.1. The predicted octanol–water partition coefficient (Wildman–Crippen LogP) is 3.13. The molecular weight excluding hydrogens is 280 g/mol. The molecule has 3 rings (SSSR count). The Kier molecular flexibility index (Phi) is 3.59. The van der Waals surface area contributed by atoms with Gasteiger partial charge in [0.25, 0.3) is 0 Å². The first-order valence-electron chi connectivity index (χ1n) is 7.15. The Morgan fingerprint density at radius 3 is 2.67 bits per heavy atom. The van der Waals surface area contributed by atoms with Gasteiger partial charge in [0, 0.05) is 28.8 Å². The second-order valence-electron chi connectivity index (χ2n) is 6.23. The highest BCUT2D eigenvalue weighted by atomic mass is 32.1. The summed E-state index contributed by atoms with van der Waals surface area (Å²) in [7, 11) is 0. The van der Waals surface area contributed by atoms with Gasteiger partial charge < -0.3 is 11.1 Å². The molecule has 1 heterocycles. The van der Waals surface area contributed by atoms with E-state index in [9.17, 15) is 4.79 Å². The van der Waals surface area contributed by atoms with Crippen LogP contribution in [0.25, 0.3) is 0 Å². The molecule has 21 heavy (non-hydrogen) atoms. The van der Waals surface area contributed by atoms with Crippen molar-refractivity contribution >= 4 is 17.2 Å². The van der Waals surface area contributed by atoms with Crippen LogP contribution in [-0.2, 0) is 6.54 Å². The number of benzene rings is 1. The van der Waals surface area contributed by atoms with Crippen LogP contribution in [0.5, 0.6) is 0 Å². The summed E-state index contributed by atoms with van der Waals surface area (Å²) in [5, 5.41) is 5.45. The molecule has 3 N–H and O–H groups in total. The lowest BCUT2D eigenvalue weighted by Crippen LogP contribution is -2.20. The average Bonchev–Trinajstić information content (AvgIpc) is 2.82. The van der Waals surface area contributed by atoms with Crippen molar-refractivity contribution in [3.05, 3.63) is 57.8 Å². The van der Waals surface area contributed by atoms with Crippen LogP contribution in [0.2, 0.25) is 0 Å². The Hall–Kier alpha value is -1.65. The van der Waals surface area contributed by atoms with Crippen LogP contribution in [-0.4, -0.2) is 11.9 Å². The average molecular weight is 300 g/mol. The largest absolute Gasteiger partial charge is 0.366 e. The number of carbonyl (C=O) groups excluding carboxylic acids is 1. The number of thiophene rings is 1. The highest BCUT2D eigenvalue weighted by Gasteiger charge is 2.57. The van der Waals surface area contributed by atoms with Gasteiger partial charge in [0.2, 0.25) is 5.91 Å². The third-order valence-electron chi connectivity index (χ3n) is 4.42. The molecule has 1 aliphatic rings. The number of nitrogens with one attached hydrogen (secondary N) is 1. The van der Waals surface area contributed by atoms with Crippen LogP contribution >= 0.6 is 11.3 Å². The number of amides is 1. The molecule has 2 aromatic rings. The zero-order valence-electron chi connectivity index (χ0n) is 12.3. The van der Waals surface area contributed by atoms with Gasteiger partial charge in [-0.25, -0.2) is 0 Å². The van der Waals surface area contributed by atoms with Crippen molar-refractivity contribution in [2.45, 2.75) is 32.4 Å². The quantitative estimate of drug-likeness (QED) is 0.891. The summed E-state index contributed by atoms with van der Waals surface area (Å²) in [5.74, 6) is 0.195. The Balaban J connectivity index is 1.64. The van der Waals surface area contributed by atoms with Crippen LogP contribution in [0.15, 0.2) is 41.8 Å². The molecule has 0 saturated heterocycles. The summed E-state index contributed by atoms with van der Waals surface area (Å²) in [4.78, 5) is 12.3. The van der Waals surface area contributed by atoms with Gasteiger partial charge in [-0.3, -0.25) is 4.79 Å². The van der Waals surface area contributed by atoms with E-state index in [1.165, 1.54) is 5.56 Å². The third-order valence-corrected chi connectivity index (χ3v) is 5.36. The van der Waals surface area contributed by atoms with Crippen LogP contribution < -0.4 is 11.1 Å². The van der Waals surface area contributed by atoms with Gasteiger partial charge in [-0.2, -0.15) is 0 Å². The van der Waals surface area contributed by atoms with Crippen molar-refractivity contribution in [1.82, 2.24) is 5.32 Å². The molecule has 3 nitrogen and oxygen atoms in total. The topological polar surface area (TPSA) is 55.1 Å². The molecule has 1 saturated carbocycles. The molecular formula is C17H20N2OS. The fourth-order valence-corrected chi connectivity index (χ4v) is 3.94. The van der Waals surface area contributed by atoms with Crippen molar-refractivity contribution in [3.8, 4) is 0 Å². The minimum absolute atomic E-state index is 0.269. The molecule has 0 spiro atoms. The van der Waals surface area contributed by atoms with Crippen LogP contribution in [0, 0.1) is 5.41 Å². The van der Waals surface area contributed by atoms with Gasteiger partial charge in [-0.05, 0) is 17.0 Å². The van der Waals surface area contributed by atoms with Crippen molar-refractivity contribution in [2.24, 2.45) is 11.1 Å². The minimum atomic E-state index is -0.355. The van der Waals surface area contributed by atoms with Gasteiger partial charge in [-0.15, -0.1) is 11.3 Å². The summed E-state index contributed by atoms with van der Waals surface area (Å²) in [6.45, 7) is 5.38. The molecule has 0 radical (unpaired) electrons. The molecule has 0 aliphatic heterocycles. The predicted molar refractivity (Wildman–Crippen MR) is 86.4 cm³/mol. The summed E-state index contributed by atoms with van der Waals surface area (Å²) >= 11 is 1.58. The lowest BCUT2D eigenvalue weighted by Gasteiger charge is -2.03. The molecule has 110 valence electrons. The van der Waals surface area contributed by atoms with Gasteiger partial charge in [-0.1, -0.05) is 44.2 Å².